The molecule has 0 fully saturated rings. The summed E-state index contributed by atoms with van der Waals surface area (Å²) in [5.74, 6) is 0. The smallest absolute Gasteiger partial charge is 0.0227 e. The van der Waals surface area contributed by atoms with Gasteiger partial charge in [0, 0.05) is 0 Å². The van der Waals surface area contributed by atoms with Gasteiger partial charge in [-0.25, -0.2) is 0 Å². The third-order valence-corrected chi connectivity index (χ3v) is 1.94. The van der Waals surface area contributed by atoms with Crippen LogP contribution in [-0.4, -0.2) is 0 Å². The Hall–Kier alpha value is -1.56. The molecule has 0 atom stereocenters. The van der Waals surface area contributed by atoms with Gasteiger partial charge in [-0.3, -0.25) is 0 Å². The quantitative estimate of drug-likeness (QED) is 0.605. The van der Waals surface area contributed by atoms with E-state index in [1.165, 1.54) is 11.1 Å². The molecule has 1 aromatic carbocycles. The second-order valence-corrected chi connectivity index (χ2v) is 2.91. The van der Waals surface area contributed by atoms with Gasteiger partial charge in [0.2, 0.25) is 0 Å². The van der Waals surface area contributed by atoms with Gasteiger partial charge in [-0.1, -0.05) is 55.7 Å². The zero-order chi connectivity index (χ0) is 9.68. The fourth-order valence-electron chi connectivity index (χ4n) is 1.18. The molecule has 0 aromatic heterocycles. The van der Waals surface area contributed by atoms with Crippen molar-refractivity contribution in [3.05, 3.63) is 60.2 Å². The predicted octanol–water partition coefficient (Wildman–Crippen LogP) is 3.84. The number of hydrogen-bond acceptors (Lipinski definition) is 0. The van der Waals surface area contributed by atoms with E-state index in [0.717, 1.165) is 5.56 Å². The van der Waals surface area contributed by atoms with E-state index in [9.17, 15) is 0 Å². The molecule has 0 heteroatoms. The topological polar surface area (TPSA) is 0 Å². The molecule has 66 valence electrons. The Morgan fingerprint density at radius 2 is 2.00 bits per heavy atom. The van der Waals surface area contributed by atoms with Crippen LogP contribution in [0, 0.1) is 6.92 Å². The average molecular weight is 170 g/mol. The van der Waals surface area contributed by atoms with Crippen molar-refractivity contribution in [2.24, 2.45) is 0 Å². The molecule has 0 heterocycles. The van der Waals surface area contributed by atoms with Crippen LogP contribution in [0.5, 0.6) is 0 Å². The van der Waals surface area contributed by atoms with Crippen molar-refractivity contribution in [3.63, 3.8) is 0 Å². The first kappa shape index (κ1) is 9.53. The van der Waals surface area contributed by atoms with Crippen LogP contribution in [0.25, 0.3) is 12.2 Å². The van der Waals surface area contributed by atoms with E-state index in [1.807, 2.05) is 12.2 Å². The molecule has 0 unspecified atom stereocenters. The van der Waals surface area contributed by atoms with Crippen LogP contribution in [0.4, 0.5) is 0 Å². The van der Waals surface area contributed by atoms with E-state index in [0.29, 0.717) is 0 Å². The Morgan fingerprint density at radius 3 is 2.54 bits per heavy atom. The first-order chi connectivity index (χ1) is 6.27. The first-order valence-electron chi connectivity index (χ1n) is 4.30. The van der Waals surface area contributed by atoms with E-state index in [2.05, 4.69) is 44.4 Å². The van der Waals surface area contributed by atoms with Crippen molar-refractivity contribution in [2.75, 3.05) is 0 Å². The minimum absolute atomic E-state index is 1.16. The minimum atomic E-state index is 1.16. The Bertz CT molecular complexity index is 343. The fraction of sp³-hybridized carbons (Fsp3) is 0.0769. The number of hydrogen-bond donors (Lipinski definition) is 0. The summed E-state index contributed by atoms with van der Waals surface area (Å²) in [4.78, 5) is 0. The zero-order valence-corrected chi connectivity index (χ0v) is 7.96. The third kappa shape index (κ3) is 2.45. The molecular formula is C13H14. The van der Waals surface area contributed by atoms with Crippen LogP contribution in [0.2, 0.25) is 0 Å². The second kappa shape index (κ2) is 4.46. The first-order valence-corrected chi connectivity index (χ1v) is 4.30. The Kier molecular flexibility index (Phi) is 3.27. The molecule has 1 rings (SSSR count). The fourth-order valence-corrected chi connectivity index (χ4v) is 1.18. The SMILES string of the molecule is C=C/C=C\c1ccc(C=C)cc1C. The molecule has 0 bridgehead atoms. The van der Waals surface area contributed by atoms with E-state index in [-0.39, 0.29) is 0 Å². The van der Waals surface area contributed by atoms with Gasteiger partial charge in [0.05, 0.1) is 0 Å². The maximum atomic E-state index is 3.73. The summed E-state index contributed by atoms with van der Waals surface area (Å²) in [6, 6.07) is 6.27. The molecule has 1 aromatic rings. The summed E-state index contributed by atoms with van der Waals surface area (Å²) in [6.45, 7) is 9.46. The zero-order valence-electron chi connectivity index (χ0n) is 7.96. The molecule has 0 aliphatic carbocycles. The summed E-state index contributed by atoms with van der Waals surface area (Å²) < 4.78 is 0. The summed E-state index contributed by atoms with van der Waals surface area (Å²) in [7, 11) is 0. The summed E-state index contributed by atoms with van der Waals surface area (Å²) in [6.07, 6.45) is 7.62. The molecule has 0 N–H and O–H groups in total. The minimum Gasteiger partial charge on any atom is -0.0991 e. The van der Waals surface area contributed by atoms with Crippen molar-refractivity contribution in [3.8, 4) is 0 Å². The summed E-state index contributed by atoms with van der Waals surface area (Å²) >= 11 is 0. The van der Waals surface area contributed by atoms with Crippen LogP contribution in [-0.2, 0) is 0 Å². The highest BCUT2D eigenvalue weighted by molar-refractivity contribution is 5.59. The molecule has 0 aliphatic rings. The molecule has 0 aliphatic heterocycles. The van der Waals surface area contributed by atoms with Gasteiger partial charge in [-0.2, -0.15) is 0 Å². The summed E-state index contributed by atoms with van der Waals surface area (Å²) in [5, 5.41) is 0. The van der Waals surface area contributed by atoms with Crippen LogP contribution < -0.4 is 0 Å². The van der Waals surface area contributed by atoms with E-state index < -0.39 is 0 Å². The monoisotopic (exact) mass is 170 g/mol. The molecule has 0 saturated heterocycles. The lowest BCUT2D eigenvalue weighted by Crippen LogP contribution is -1.81. The van der Waals surface area contributed by atoms with Gasteiger partial charge >= 0.3 is 0 Å². The van der Waals surface area contributed by atoms with Crippen molar-refractivity contribution >= 4 is 12.2 Å². The van der Waals surface area contributed by atoms with E-state index in [1.54, 1.807) is 6.08 Å². The van der Waals surface area contributed by atoms with Crippen molar-refractivity contribution < 1.29 is 0 Å². The van der Waals surface area contributed by atoms with Crippen LogP contribution in [0.3, 0.4) is 0 Å². The number of benzene rings is 1. The molecule has 0 saturated carbocycles. The standard InChI is InChI=1S/C13H14/c1-4-6-7-13-9-8-12(5-2)10-11(13)3/h4-10H,1-2H2,3H3/b7-6-. The number of rotatable bonds is 3. The molecule has 0 spiro atoms. The Morgan fingerprint density at radius 1 is 1.23 bits per heavy atom. The largest absolute Gasteiger partial charge is 0.0991 e. The molecule has 0 nitrogen and oxygen atoms in total. The lowest BCUT2D eigenvalue weighted by molar-refractivity contribution is 1.43. The van der Waals surface area contributed by atoms with Gasteiger partial charge in [0.25, 0.3) is 0 Å². The summed E-state index contributed by atoms with van der Waals surface area (Å²) in [5.41, 5.74) is 3.65. The second-order valence-electron chi connectivity index (χ2n) is 2.91. The van der Waals surface area contributed by atoms with Gasteiger partial charge in [0.15, 0.2) is 0 Å². The van der Waals surface area contributed by atoms with Gasteiger partial charge < -0.3 is 0 Å². The number of allylic oxidation sites excluding steroid dienone is 2. The van der Waals surface area contributed by atoms with Crippen molar-refractivity contribution in [1.29, 1.82) is 0 Å². The Labute approximate surface area is 79.9 Å². The van der Waals surface area contributed by atoms with Crippen LogP contribution in [0.1, 0.15) is 16.7 Å². The van der Waals surface area contributed by atoms with Crippen molar-refractivity contribution in [2.45, 2.75) is 6.92 Å². The van der Waals surface area contributed by atoms with Gasteiger partial charge in [-0.15, -0.1) is 0 Å². The lowest BCUT2D eigenvalue weighted by atomic mass is 10.0. The average Bonchev–Trinajstić information content (AvgIpc) is 2.16. The van der Waals surface area contributed by atoms with Crippen LogP contribution in [0.15, 0.2) is 43.5 Å². The number of aryl methyl sites for hydroxylation is 1. The maximum Gasteiger partial charge on any atom is -0.0227 e. The van der Waals surface area contributed by atoms with Crippen molar-refractivity contribution in [1.82, 2.24) is 0 Å². The molecule has 0 amide bonds. The van der Waals surface area contributed by atoms with E-state index in [4.69, 9.17) is 0 Å². The third-order valence-electron chi connectivity index (χ3n) is 1.94. The molecule has 13 heavy (non-hydrogen) atoms. The predicted molar refractivity (Wildman–Crippen MR) is 60.5 cm³/mol. The molecule has 0 radical (unpaired) electrons. The Balaban J connectivity index is 3.04. The lowest BCUT2D eigenvalue weighted by Gasteiger charge is -2.01. The normalized spacial score (nSPS) is 10.2. The van der Waals surface area contributed by atoms with E-state index >= 15 is 0 Å². The van der Waals surface area contributed by atoms with Crippen LogP contribution >= 0.6 is 0 Å². The highest BCUT2D eigenvalue weighted by Gasteiger charge is 1.93. The van der Waals surface area contributed by atoms with Gasteiger partial charge in [-0.05, 0) is 23.6 Å². The van der Waals surface area contributed by atoms with Gasteiger partial charge in [0.1, 0.15) is 0 Å². The highest BCUT2D eigenvalue weighted by atomic mass is 14.0. The maximum absolute atomic E-state index is 3.73. The molecular weight excluding hydrogens is 156 g/mol. The highest BCUT2D eigenvalue weighted by Crippen LogP contribution is 2.13.